The standard InChI is InChI=1S/C16H16F2N2O3/c1-23-15-5-3-2-4-13(15)20-16(22)19-9-14(21)11-7-6-10(17)8-12(11)18/h2-8,14,21H,9H2,1H3,(H2,19,20,22)/t14-/m1/s1. The fourth-order valence-corrected chi connectivity index (χ4v) is 1.99. The number of nitrogens with one attached hydrogen (secondary N) is 2. The Morgan fingerprint density at radius 2 is 2.00 bits per heavy atom. The highest BCUT2D eigenvalue weighted by molar-refractivity contribution is 5.90. The SMILES string of the molecule is COc1ccccc1NC(=O)NC[C@@H](O)c1ccc(F)cc1F. The molecule has 0 aliphatic rings. The molecule has 23 heavy (non-hydrogen) atoms. The van der Waals surface area contributed by atoms with Crippen molar-refractivity contribution in [2.75, 3.05) is 19.0 Å². The summed E-state index contributed by atoms with van der Waals surface area (Å²) in [5, 5.41) is 14.8. The maximum absolute atomic E-state index is 13.5. The van der Waals surface area contributed by atoms with Gasteiger partial charge in [-0.15, -0.1) is 0 Å². The van der Waals surface area contributed by atoms with Crippen LogP contribution in [0.1, 0.15) is 11.7 Å². The maximum atomic E-state index is 13.5. The summed E-state index contributed by atoms with van der Waals surface area (Å²) in [5.41, 5.74) is 0.360. The highest BCUT2D eigenvalue weighted by Gasteiger charge is 2.15. The number of amides is 2. The largest absolute Gasteiger partial charge is 0.495 e. The summed E-state index contributed by atoms with van der Waals surface area (Å²) >= 11 is 0. The second-order valence-electron chi connectivity index (χ2n) is 4.72. The van der Waals surface area contributed by atoms with Crippen LogP contribution in [0.3, 0.4) is 0 Å². The van der Waals surface area contributed by atoms with E-state index in [1.165, 1.54) is 7.11 Å². The number of hydrogen-bond acceptors (Lipinski definition) is 3. The first-order valence-electron chi connectivity index (χ1n) is 6.82. The normalized spacial score (nSPS) is 11.7. The van der Waals surface area contributed by atoms with Crippen LogP contribution < -0.4 is 15.4 Å². The van der Waals surface area contributed by atoms with Gasteiger partial charge in [-0.2, -0.15) is 0 Å². The Hall–Kier alpha value is -2.67. The van der Waals surface area contributed by atoms with Gasteiger partial charge in [-0.05, 0) is 18.2 Å². The van der Waals surface area contributed by atoms with E-state index in [-0.39, 0.29) is 12.1 Å². The number of ether oxygens (including phenoxy) is 1. The number of aliphatic hydroxyl groups is 1. The Kier molecular flexibility index (Phi) is 5.48. The molecule has 2 aromatic carbocycles. The lowest BCUT2D eigenvalue weighted by Crippen LogP contribution is -2.32. The summed E-state index contributed by atoms with van der Waals surface area (Å²) in [5.74, 6) is -1.13. The third kappa shape index (κ3) is 4.40. The van der Waals surface area contributed by atoms with Crippen molar-refractivity contribution in [3.05, 3.63) is 59.7 Å². The van der Waals surface area contributed by atoms with Gasteiger partial charge in [0.15, 0.2) is 0 Å². The zero-order chi connectivity index (χ0) is 16.8. The van der Waals surface area contributed by atoms with Crippen LogP contribution >= 0.6 is 0 Å². The molecule has 0 bridgehead atoms. The Labute approximate surface area is 131 Å². The zero-order valence-corrected chi connectivity index (χ0v) is 12.3. The van der Waals surface area contributed by atoms with Crippen LogP contribution in [0.15, 0.2) is 42.5 Å². The van der Waals surface area contributed by atoms with Crippen molar-refractivity contribution in [3.63, 3.8) is 0 Å². The van der Waals surface area contributed by atoms with E-state index < -0.39 is 23.8 Å². The molecule has 0 spiro atoms. The Balaban J connectivity index is 1.93. The number of carbonyl (C=O) groups excluding carboxylic acids is 1. The molecular weight excluding hydrogens is 306 g/mol. The number of halogens is 2. The molecular formula is C16H16F2N2O3. The molecule has 2 rings (SSSR count). The van der Waals surface area contributed by atoms with Crippen molar-refractivity contribution in [2.45, 2.75) is 6.10 Å². The molecule has 0 fully saturated rings. The van der Waals surface area contributed by atoms with Crippen molar-refractivity contribution in [2.24, 2.45) is 0 Å². The van der Waals surface area contributed by atoms with E-state index in [4.69, 9.17) is 4.74 Å². The number of rotatable bonds is 5. The number of aliphatic hydroxyl groups excluding tert-OH is 1. The summed E-state index contributed by atoms with van der Waals surface area (Å²) in [6.45, 7) is -0.233. The van der Waals surface area contributed by atoms with Crippen LogP contribution in [0.4, 0.5) is 19.3 Å². The van der Waals surface area contributed by atoms with E-state index in [2.05, 4.69) is 10.6 Å². The van der Waals surface area contributed by atoms with Crippen LogP contribution in [-0.4, -0.2) is 24.8 Å². The van der Waals surface area contributed by atoms with Crippen molar-refractivity contribution in [1.82, 2.24) is 5.32 Å². The molecule has 2 amide bonds. The zero-order valence-electron chi connectivity index (χ0n) is 12.3. The fourth-order valence-electron chi connectivity index (χ4n) is 1.99. The van der Waals surface area contributed by atoms with Crippen LogP contribution in [0.5, 0.6) is 5.75 Å². The molecule has 2 aromatic rings. The molecule has 0 aliphatic carbocycles. The van der Waals surface area contributed by atoms with Gasteiger partial charge in [0.1, 0.15) is 17.4 Å². The first kappa shape index (κ1) is 16.7. The topological polar surface area (TPSA) is 70.6 Å². The number of methoxy groups -OCH3 is 1. The molecule has 5 nitrogen and oxygen atoms in total. The highest BCUT2D eigenvalue weighted by atomic mass is 19.1. The monoisotopic (exact) mass is 322 g/mol. The van der Waals surface area contributed by atoms with Crippen LogP contribution in [0, 0.1) is 11.6 Å². The molecule has 7 heteroatoms. The first-order chi connectivity index (χ1) is 11.0. The minimum Gasteiger partial charge on any atom is -0.495 e. The van der Waals surface area contributed by atoms with Crippen LogP contribution in [0.25, 0.3) is 0 Å². The third-order valence-electron chi connectivity index (χ3n) is 3.13. The van der Waals surface area contributed by atoms with E-state index in [1.807, 2.05) is 0 Å². The van der Waals surface area contributed by atoms with Gasteiger partial charge in [-0.25, -0.2) is 13.6 Å². The number of para-hydroxylation sites is 2. The van der Waals surface area contributed by atoms with E-state index in [0.717, 1.165) is 12.1 Å². The molecule has 0 saturated carbocycles. The molecule has 0 unspecified atom stereocenters. The fraction of sp³-hybridized carbons (Fsp3) is 0.188. The number of hydrogen-bond donors (Lipinski definition) is 3. The summed E-state index contributed by atoms with van der Waals surface area (Å²) in [6.07, 6.45) is -1.29. The minimum absolute atomic E-state index is 0.0935. The molecule has 0 saturated heterocycles. The van der Waals surface area contributed by atoms with Crippen LogP contribution in [-0.2, 0) is 0 Å². The number of anilines is 1. The number of benzene rings is 2. The summed E-state index contributed by atoms with van der Waals surface area (Å²) < 4.78 is 31.4. The molecule has 0 aliphatic heterocycles. The minimum atomic E-state index is -1.29. The molecule has 0 heterocycles. The maximum Gasteiger partial charge on any atom is 0.319 e. The van der Waals surface area contributed by atoms with Gasteiger partial charge in [0.2, 0.25) is 0 Å². The van der Waals surface area contributed by atoms with Crippen molar-refractivity contribution >= 4 is 11.7 Å². The molecule has 0 radical (unpaired) electrons. The summed E-state index contributed by atoms with van der Waals surface area (Å²) in [4.78, 5) is 11.8. The quantitative estimate of drug-likeness (QED) is 0.793. The average Bonchev–Trinajstić information content (AvgIpc) is 2.53. The lowest BCUT2D eigenvalue weighted by atomic mass is 10.1. The second-order valence-corrected chi connectivity index (χ2v) is 4.72. The van der Waals surface area contributed by atoms with Gasteiger partial charge in [-0.1, -0.05) is 18.2 Å². The lowest BCUT2D eigenvalue weighted by molar-refractivity contribution is 0.170. The van der Waals surface area contributed by atoms with Crippen molar-refractivity contribution in [3.8, 4) is 5.75 Å². The first-order valence-corrected chi connectivity index (χ1v) is 6.82. The van der Waals surface area contributed by atoms with E-state index in [1.54, 1.807) is 24.3 Å². The van der Waals surface area contributed by atoms with Gasteiger partial charge in [0, 0.05) is 18.2 Å². The van der Waals surface area contributed by atoms with Gasteiger partial charge in [0.25, 0.3) is 0 Å². The smallest absolute Gasteiger partial charge is 0.319 e. The van der Waals surface area contributed by atoms with Crippen molar-refractivity contribution < 1.29 is 23.4 Å². The molecule has 122 valence electrons. The molecule has 3 N–H and O–H groups in total. The predicted octanol–water partition coefficient (Wildman–Crippen LogP) is 2.83. The highest BCUT2D eigenvalue weighted by Crippen LogP contribution is 2.23. The summed E-state index contributed by atoms with van der Waals surface area (Å²) in [6, 6.07) is 9.06. The second kappa shape index (κ2) is 7.55. The van der Waals surface area contributed by atoms with Gasteiger partial charge < -0.3 is 20.5 Å². The molecule has 0 aromatic heterocycles. The predicted molar refractivity (Wildman–Crippen MR) is 81.3 cm³/mol. The Morgan fingerprint density at radius 3 is 2.70 bits per heavy atom. The van der Waals surface area contributed by atoms with Gasteiger partial charge >= 0.3 is 6.03 Å². The van der Waals surface area contributed by atoms with Crippen LogP contribution in [0.2, 0.25) is 0 Å². The van der Waals surface area contributed by atoms with Crippen molar-refractivity contribution in [1.29, 1.82) is 0 Å². The Bertz CT molecular complexity index is 695. The lowest BCUT2D eigenvalue weighted by Gasteiger charge is -2.14. The van der Waals surface area contributed by atoms with E-state index in [9.17, 15) is 18.7 Å². The van der Waals surface area contributed by atoms with Gasteiger partial charge in [0.05, 0.1) is 18.9 Å². The average molecular weight is 322 g/mol. The number of carbonyl (C=O) groups is 1. The van der Waals surface area contributed by atoms with Gasteiger partial charge in [-0.3, -0.25) is 0 Å². The third-order valence-corrected chi connectivity index (χ3v) is 3.13. The van der Waals surface area contributed by atoms with E-state index in [0.29, 0.717) is 17.5 Å². The number of urea groups is 1. The van der Waals surface area contributed by atoms with E-state index >= 15 is 0 Å². The Morgan fingerprint density at radius 1 is 1.26 bits per heavy atom. The summed E-state index contributed by atoms with van der Waals surface area (Å²) in [7, 11) is 1.47. The molecule has 1 atom stereocenters.